The Morgan fingerprint density at radius 3 is 2.38 bits per heavy atom. The maximum absolute atomic E-state index is 13.0. The van der Waals surface area contributed by atoms with Gasteiger partial charge in [-0.25, -0.2) is 4.68 Å². The number of aromatic nitrogens is 4. The van der Waals surface area contributed by atoms with Crippen molar-refractivity contribution in [1.29, 1.82) is 0 Å². The van der Waals surface area contributed by atoms with Crippen molar-refractivity contribution >= 4 is 17.5 Å². The number of rotatable bonds is 6. The molecule has 1 atom stereocenters. The second-order valence-electron chi connectivity index (χ2n) is 7.34. The fourth-order valence-electron chi connectivity index (χ4n) is 3.31. The minimum Gasteiger partial charge on any atom is -0.335 e. The summed E-state index contributed by atoms with van der Waals surface area (Å²) < 4.78 is 1.52. The second-order valence-corrected chi connectivity index (χ2v) is 7.34. The van der Waals surface area contributed by atoms with Crippen LogP contribution in [0.4, 0.5) is 5.69 Å². The minimum atomic E-state index is -0.199. The molecule has 160 valence electrons. The molecule has 8 nitrogen and oxygen atoms in total. The maximum Gasteiger partial charge on any atom is 0.255 e. The third kappa shape index (κ3) is 4.54. The summed E-state index contributed by atoms with van der Waals surface area (Å²) in [6, 6.07) is 23.4. The molecule has 4 aromatic rings. The van der Waals surface area contributed by atoms with Crippen LogP contribution in [0.2, 0.25) is 0 Å². The Labute approximate surface area is 185 Å². The number of carbonyl (C=O) groups excluding carboxylic acids is 2. The summed E-state index contributed by atoms with van der Waals surface area (Å²) in [5, 5.41) is 14.0. The third-order valence-corrected chi connectivity index (χ3v) is 5.29. The number of anilines is 1. The molecule has 0 fully saturated rings. The van der Waals surface area contributed by atoms with Gasteiger partial charge in [0.25, 0.3) is 11.8 Å². The third-order valence-electron chi connectivity index (χ3n) is 5.29. The molecule has 1 heterocycles. The fraction of sp³-hybridized carbons (Fsp3) is 0.125. The van der Waals surface area contributed by atoms with Gasteiger partial charge in [-0.1, -0.05) is 30.3 Å². The summed E-state index contributed by atoms with van der Waals surface area (Å²) in [6.07, 6.45) is 1.49. The van der Waals surface area contributed by atoms with Gasteiger partial charge in [0.1, 0.15) is 6.33 Å². The number of hydrogen-bond acceptors (Lipinski definition) is 5. The quantitative estimate of drug-likeness (QED) is 0.507. The maximum atomic E-state index is 13.0. The first-order chi connectivity index (χ1) is 15.5. The van der Waals surface area contributed by atoms with Crippen LogP contribution in [0, 0.1) is 0 Å². The molecule has 0 saturated heterocycles. The van der Waals surface area contributed by atoms with Gasteiger partial charge in [-0.3, -0.25) is 9.59 Å². The number of nitrogens with zero attached hydrogens (tertiary/aromatic N) is 5. The lowest BCUT2D eigenvalue weighted by Gasteiger charge is -2.26. The van der Waals surface area contributed by atoms with Gasteiger partial charge in [-0.2, -0.15) is 0 Å². The van der Waals surface area contributed by atoms with E-state index >= 15 is 0 Å². The highest BCUT2D eigenvalue weighted by molar-refractivity contribution is 6.04. The summed E-state index contributed by atoms with van der Waals surface area (Å²) in [5.41, 5.74) is 3.50. The molecule has 0 aliphatic carbocycles. The molecule has 0 spiro atoms. The molecule has 2 amide bonds. The first-order valence-corrected chi connectivity index (χ1v) is 10.1. The van der Waals surface area contributed by atoms with E-state index in [2.05, 4.69) is 20.8 Å². The van der Waals surface area contributed by atoms with Crippen molar-refractivity contribution in [3.8, 4) is 5.69 Å². The van der Waals surface area contributed by atoms with E-state index in [1.165, 1.54) is 11.0 Å². The van der Waals surface area contributed by atoms with Crippen molar-refractivity contribution in [3.05, 3.63) is 102 Å². The molecule has 0 aliphatic heterocycles. The van der Waals surface area contributed by atoms with Crippen molar-refractivity contribution in [2.24, 2.45) is 0 Å². The molecular weight excluding hydrogens is 404 g/mol. The molecule has 0 radical (unpaired) electrons. The van der Waals surface area contributed by atoms with Gasteiger partial charge in [0.15, 0.2) is 0 Å². The molecule has 0 unspecified atom stereocenters. The van der Waals surface area contributed by atoms with Crippen LogP contribution in [0.1, 0.15) is 39.2 Å². The zero-order chi connectivity index (χ0) is 22.5. The average molecular weight is 426 g/mol. The van der Waals surface area contributed by atoms with E-state index in [1.54, 1.807) is 48.3 Å². The molecule has 0 aliphatic rings. The van der Waals surface area contributed by atoms with Gasteiger partial charge in [-0.05, 0) is 71.4 Å². The first kappa shape index (κ1) is 20.9. The van der Waals surface area contributed by atoms with Crippen LogP contribution < -0.4 is 5.32 Å². The number of carbonyl (C=O) groups is 2. The van der Waals surface area contributed by atoms with Crippen LogP contribution in [0.15, 0.2) is 85.2 Å². The predicted octanol–water partition coefficient (Wildman–Crippen LogP) is 3.75. The summed E-state index contributed by atoms with van der Waals surface area (Å²) in [7, 11) is 1.76. The molecule has 3 aromatic carbocycles. The zero-order valence-corrected chi connectivity index (χ0v) is 17.7. The first-order valence-electron chi connectivity index (χ1n) is 10.1. The van der Waals surface area contributed by atoms with Gasteiger partial charge >= 0.3 is 0 Å². The van der Waals surface area contributed by atoms with E-state index in [0.29, 0.717) is 16.8 Å². The summed E-state index contributed by atoms with van der Waals surface area (Å²) in [4.78, 5) is 27.1. The molecule has 1 aromatic heterocycles. The summed E-state index contributed by atoms with van der Waals surface area (Å²) in [5.74, 6) is -0.290. The van der Waals surface area contributed by atoms with Crippen molar-refractivity contribution in [1.82, 2.24) is 25.1 Å². The van der Waals surface area contributed by atoms with E-state index in [9.17, 15) is 9.59 Å². The van der Waals surface area contributed by atoms with Crippen LogP contribution in [-0.4, -0.2) is 44.0 Å². The molecule has 0 bridgehead atoms. The number of benzene rings is 3. The predicted molar refractivity (Wildman–Crippen MR) is 120 cm³/mol. The highest BCUT2D eigenvalue weighted by Crippen LogP contribution is 2.24. The lowest BCUT2D eigenvalue weighted by Crippen LogP contribution is -2.29. The van der Waals surface area contributed by atoms with Crippen LogP contribution in [0.25, 0.3) is 5.69 Å². The zero-order valence-electron chi connectivity index (χ0n) is 17.7. The van der Waals surface area contributed by atoms with E-state index in [4.69, 9.17) is 0 Å². The van der Waals surface area contributed by atoms with Gasteiger partial charge in [-0.15, -0.1) is 5.10 Å². The lowest BCUT2D eigenvalue weighted by molar-refractivity contribution is 0.0742. The number of hydrogen-bond donors (Lipinski definition) is 1. The molecule has 8 heteroatoms. The molecule has 32 heavy (non-hydrogen) atoms. The Hall–Kier alpha value is -4.33. The van der Waals surface area contributed by atoms with E-state index in [0.717, 1.165) is 11.3 Å². The van der Waals surface area contributed by atoms with E-state index in [1.807, 2.05) is 49.4 Å². The number of amides is 2. The van der Waals surface area contributed by atoms with Crippen LogP contribution in [0.5, 0.6) is 0 Å². The summed E-state index contributed by atoms with van der Waals surface area (Å²) >= 11 is 0. The Morgan fingerprint density at radius 2 is 1.69 bits per heavy atom. The van der Waals surface area contributed by atoms with Gasteiger partial charge in [0, 0.05) is 23.9 Å². The monoisotopic (exact) mass is 426 g/mol. The highest BCUT2D eigenvalue weighted by atomic mass is 16.2. The van der Waals surface area contributed by atoms with Crippen LogP contribution >= 0.6 is 0 Å². The number of tetrazole rings is 1. The van der Waals surface area contributed by atoms with Crippen molar-refractivity contribution in [3.63, 3.8) is 0 Å². The van der Waals surface area contributed by atoms with Gasteiger partial charge < -0.3 is 10.2 Å². The average Bonchev–Trinajstić information content (AvgIpc) is 3.38. The molecular formula is C24H22N6O2. The fourth-order valence-corrected chi connectivity index (χ4v) is 3.31. The van der Waals surface area contributed by atoms with E-state index in [-0.39, 0.29) is 17.9 Å². The van der Waals surface area contributed by atoms with Crippen molar-refractivity contribution < 1.29 is 9.59 Å². The SMILES string of the molecule is C[C@H](c1cccc(NC(=O)c2ccccc2)c1)N(C)C(=O)c1ccc(-n2cnnn2)cc1. The Morgan fingerprint density at radius 1 is 0.938 bits per heavy atom. The summed E-state index contributed by atoms with van der Waals surface area (Å²) in [6.45, 7) is 1.95. The number of nitrogens with one attached hydrogen (secondary N) is 1. The lowest BCUT2D eigenvalue weighted by atomic mass is 10.0. The van der Waals surface area contributed by atoms with Crippen molar-refractivity contribution in [2.75, 3.05) is 12.4 Å². The van der Waals surface area contributed by atoms with E-state index < -0.39 is 0 Å². The smallest absolute Gasteiger partial charge is 0.255 e. The van der Waals surface area contributed by atoms with Crippen LogP contribution in [0.3, 0.4) is 0 Å². The molecule has 4 rings (SSSR count). The Balaban J connectivity index is 1.46. The Kier molecular flexibility index (Phi) is 6.03. The topological polar surface area (TPSA) is 93.0 Å². The van der Waals surface area contributed by atoms with Gasteiger partial charge in [0.2, 0.25) is 0 Å². The molecule has 0 saturated carbocycles. The minimum absolute atomic E-state index is 0.112. The van der Waals surface area contributed by atoms with Gasteiger partial charge in [0.05, 0.1) is 11.7 Å². The van der Waals surface area contributed by atoms with Crippen molar-refractivity contribution in [2.45, 2.75) is 13.0 Å². The normalized spacial score (nSPS) is 11.6. The second kappa shape index (κ2) is 9.22. The molecule has 1 N–H and O–H groups in total. The Bertz CT molecular complexity index is 1210. The highest BCUT2D eigenvalue weighted by Gasteiger charge is 2.19. The van der Waals surface area contributed by atoms with Crippen LogP contribution in [-0.2, 0) is 0 Å². The largest absolute Gasteiger partial charge is 0.335 e. The standard InChI is InChI=1S/C24H22N6O2/c1-17(20-9-6-10-21(15-20)26-23(31)18-7-4-3-5-8-18)29(2)24(32)19-11-13-22(14-12-19)30-16-25-27-28-30/h3-17H,1-2H3,(H,26,31)/t17-/m1/s1.